The molecule has 1 aromatic carbocycles. The Morgan fingerprint density at radius 3 is 2.59 bits per heavy atom. The highest BCUT2D eigenvalue weighted by atomic mass is 16.5. The van der Waals surface area contributed by atoms with Gasteiger partial charge in [0.05, 0.1) is 29.3 Å². The highest BCUT2D eigenvalue weighted by molar-refractivity contribution is 5.89. The van der Waals surface area contributed by atoms with Crippen molar-refractivity contribution in [2.45, 2.75) is 32.0 Å². The lowest BCUT2D eigenvalue weighted by Crippen LogP contribution is -2.46. The number of fused-ring (bicyclic) bond motifs is 1. The first-order valence-corrected chi connectivity index (χ1v) is 8.98. The molecule has 2 aromatic rings. The van der Waals surface area contributed by atoms with Crippen LogP contribution in [0.25, 0.3) is 11.0 Å². The number of carbonyl (C=O) groups is 1. The molecule has 3 rings (SSSR count). The van der Waals surface area contributed by atoms with Crippen molar-refractivity contribution in [1.82, 2.24) is 15.3 Å². The Morgan fingerprint density at radius 2 is 2.00 bits per heavy atom. The second-order valence-corrected chi connectivity index (χ2v) is 6.68. The van der Waals surface area contributed by atoms with Crippen LogP contribution in [-0.4, -0.2) is 47.7 Å². The smallest absolute Gasteiger partial charge is 0.243 e. The van der Waals surface area contributed by atoms with Crippen molar-refractivity contribution in [1.29, 1.82) is 5.26 Å². The van der Waals surface area contributed by atoms with Crippen LogP contribution >= 0.6 is 0 Å². The van der Waals surface area contributed by atoms with Gasteiger partial charge in [0, 0.05) is 19.6 Å². The van der Waals surface area contributed by atoms with Gasteiger partial charge in [0.25, 0.3) is 0 Å². The molecule has 0 spiro atoms. The number of nitrogens with one attached hydrogen (secondary N) is 1. The highest BCUT2D eigenvalue weighted by Crippen LogP contribution is 2.29. The zero-order chi connectivity index (χ0) is 19.4. The number of anilines is 1. The summed E-state index contributed by atoms with van der Waals surface area (Å²) in [5, 5.41) is 12.4. The Balaban J connectivity index is 2.09. The topological polar surface area (TPSA) is 91.1 Å². The number of amides is 1. The number of benzene rings is 1. The maximum absolute atomic E-state index is 12.5. The van der Waals surface area contributed by atoms with Crippen molar-refractivity contribution in [2.24, 2.45) is 0 Å². The minimum absolute atomic E-state index is 0.0185. The van der Waals surface area contributed by atoms with Crippen molar-refractivity contribution in [2.75, 3.05) is 24.5 Å². The van der Waals surface area contributed by atoms with Gasteiger partial charge in [0.1, 0.15) is 5.69 Å². The number of rotatable bonds is 5. The average molecular weight is 365 g/mol. The first-order chi connectivity index (χ1) is 13.0. The van der Waals surface area contributed by atoms with Crippen molar-refractivity contribution < 1.29 is 9.53 Å². The maximum Gasteiger partial charge on any atom is 0.243 e. The van der Waals surface area contributed by atoms with Crippen LogP contribution < -0.4 is 10.2 Å². The number of nitrogens with zero attached hydrogens (tertiary/aromatic N) is 4. The molecule has 2 heterocycles. The van der Waals surface area contributed by atoms with Gasteiger partial charge in [-0.05, 0) is 26.0 Å². The summed E-state index contributed by atoms with van der Waals surface area (Å²) >= 11 is 0. The second kappa shape index (κ2) is 8.14. The molecular weight excluding hydrogens is 342 g/mol. The van der Waals surface area contributed by atoms with Gasteiger partial charge in [-0.2, -0.15) is 5.26 Å². The van der Waals surface area contributed by atoms with Crippen LogP contribution in [0.3, 0.4) is 0 Å². The van der Waals surface area contributed by atoms with E-state index in [2.05, 4.69) is 27.8 Å². The molecule has 0 radical (unpaired) electrons. The van der Waals surface area contributed by atoms with Gasteiger partial charge in [0.2, 0.25) is 5.91 Å². The van der Waals surface area contributed by atoms with Crippen molar-refractivity contribution in [3.8, 4) is 6.07 Å². The standard InChI is InChI=1S/C20H23N5O2/c1-4-9-22-20(26)15(10-21)18-19(25-11-13(2)27-14(3)12-25)24-17-8-6-5-7-16(17)23-18/h4-8,13-15H,1,9,11-12H2,2-3H3,(H,22,26)/t13-,14+,15-/m0/s1. The third kappa shape index (κ3) is 4.07. The molecule has 1 N–H and O–H groups in total. The first kappa shape index (κ1) is 18.8. The molecule has 7 nitrogen and oxygen atoms in total. The number of hydrogen-bond acceptors (Lipinski definition) is 6. The molecule has 0 unspecified atom stereocenters. The van der Waals surface area contributed by atoms with Gasteiger partial charge in [-0.15, -0.1) is 6.58 Å². The predicted octanol–water partition coefficient (Wildman–Crippen LogP) is 2.15. The lowest BCUT2D eigenvalue weighted by atomic mass is 10.0. The molecule has 0 aliphatic carbocycles. The summed E-state index contributed by atoms with van der Waals surface area (Å²) in [4.78, 5) is 24.0. The van der Waals surface area contributed by atoms with Crippen molar-refractivity contribution in [3.63, 3.8) is 0 Å². The number of morpholine rings is 1. The Bertz CT molecular complexity index is 882. The number of hydrogen-bond donors (Lipinski definition) is 1. The molecular formula is C20H23N5O2. The lowest BCUT2D eigenvalue weighted by Gasteiger charge is -2.37. The second-order valence-electron chi connectivity index (χ2n) is 6.68. The third-order valence-corrected chi connectivity index (χ3v) is 4.38. The maximum atomic E-state index is 12.5. The molecule has 1 aliphatic rings. The quantitative estimate of drug-likeness (QED) is 0.817. The summed E-state index contributed by atoms with van der Waals surface area (Å²) in [7, 11) is 0. The molecule has 1 amide bonds. The molecule has 140 valence electrons. The summed E-state index contributed by atoms with van der Waals surface area (Å²) in [6.45, 7) is 9.12. The zero-order valence-electron chi connectivity index (χ0n) is 15.6. The fraction of sp³-hybridized carbons (Fsp3) is 0.400. The highest BCUT2D eigenvalue weighted by Gasteiger charge is 2.31. The number of carbonyl (C=O) groups excluding carboxylic acids is 1. The third-order valence-electron chi connectivity index (χ3n) is 4.38. The number of para-hydroxylation sites is 2. The predicted molar refractivity (Wildman–Crippen MR) is 103 cm³/mol. The molecule has 1 aromatic heterocycles. The SMILES string of the molecule is C=CCNC(=O)[C@@H](C#N)c1nc2ccccc2nc1N1C[C@@H](C)O[C@@H](C)C1. The van der Waals surface area contributed by atoms with Gasteiger partial charge in [-0.1, -0.05) is 18.2 Å². The van der Waals surface area contributed by atoms with E-state index >= 15 is 0 Å². The summed E-state index contributed by atoms with van der Waals surface area (Å²) < 4.78 is 5.81. The van der Waals surface area contributed by atoms with Crippen molar-refractivity contribution >= 4 is 22.8 Å². The van der Waals surface area contributed by atoms with Gasteiger partial charge in [-0.25, -0.2) is 9.97 Å². The van der Waals surface area contributed by atoms with E-state index in [9.17, 15) is 10.1 Å². The van der Waals surface area contributed by atoms with E-state index in [1.54, 1.807) is 6.08 Å². The Labute approximate surface area is 158 Å². The van der Waals surface area contributed by atoms with Crippen LogP contribution in [0, 0.1) is 11.3 Å². The zero-order valence-corrected chi connectivity index (χ0v) is 15.6. The molecule has 1 aliphatic heterocycles. The van der Waals surface area contributed by atoms with E-state index in [1.165, 1.54) is 0 Å². The molecule has 1 saturated heterocycles. The molecule has 7 heteroatoms. The number of nitriles is 1. The van der Waals surface area contributed by atoms with Gasteiger partial charge >= 0.3 is 0 Å². The van der Waals surface area contributed by atoms with Crippen LogP contribution in [0.5, 0.6) is 0 Å². The summed E-state index contributed by atoms with van der Waals surface area (Å²) in [6.07, 6.45) is 1.61. The van der Waals surface area contributed by atoms with Crippen LogP contribution in [-0.2, 0) is 9.53 Å². The lowest BCUT2D eigenvalue weighted by molar-refractivity contribution is -0.121. The van der Waals surface area contributed by atoms with Crippen LogP contribution in [0.15, 0.2) is 36.9 Å². The van der Waals surface area contributed by atoms with E-state index < -0.39 is 11.8 Å². The number of ether oxygens (including phenoxy) is 1. The molecule has 27 heavy (non-hydrogen) atoms. The van der Waals surface area contributed by atoms with Gasteiger partial charge in [-0.3, -0.25) is 4.79 Å². The molecule has 3 atom stereocenters. The van der Waals surface area contributed by atoms with E-state index in [1.807, 2.05) is 38.1 Å². The van der Waals surface area contributed by atoms with Gasteiger partial charge < -0.3 is 15.0 Å². The average Bonchev–Trinajstić information content (AvgIpc) is 2.65. The fourth-order valence-electron chi connectivity index (χ4n) is 3.30. The van der Waals surface area contributed by atoms with Crippen LogP contribution in [0.4, 0.5) is 5.82 Å². The first-order valence-electron chi connectivity index (χ1n) is 8.98. The monoisotopic (exact) mass is 365 g/mol. The van der Waals surface area contributed by atoms with Crippen LogP contribution in [0.1, 0.15) is 25.5 Å². The van der Waals surface area contributed by atoms with E-state index in [4.69, 9.17) is 9.72 Å². The fourth-order valence-corrected chi connectivity index (χ4v) is 3.30. The molecule has 1 fully saturated rings. The largest absolute Gasteiger partial charge is 0.372 e. The minimum Gasteiger partial charge on any atom is -0.372 e. The van der Waals surface area contributed by atoms with E-state index in [0.29, 0.717) is 36.7 Å². The molecule has 0 bridgehead atoms. The summed E-state index contributed by atoms with van der Waals surface area (Å²) in [5.41, 5.74) is 1.76. The van der Waals surface area contributed by atoms with E-state index in [0.717, 1.165) is 5.52 Å². The molecule has 0 saturated carbocycles. The van der Waals surface area contributed by atoms with Crippen molar-refractivity contribution in [3.05, 3.63) is 42.6 Å². The summed E-state index contributed by atoms with van der Waals surface area (Å²) in [5.74, 6) is -0.890. The Morgan fingerprint density at radius 1 is 1.37 bits per heavy atom. The summed E-state index contributed by atoms with van der Waals surface area (Å²) in [6, 6.07) is 9.55. The Hall–Kier alpha value is -2.98. The van der Waals surface area contributed by atoms with E-state index in [-0.39, 0.29) is 12.2 Å². The van der Waals surface area contributed by atoms with Gasteiger partial charge in [0.15, 0.2) is 11.7 Å². The normalized spacial score (nSPS) is 20.7. The minimum atomic E-state index is -1.05. The Kier molecular flexibility index (Phi) is 5.67. The van der Waals surface area contributed by atoms with Crippen LogP contribution in [0.2, 0.25) is 0 Å². The number of aromatic nitrogens is 2.